The highest BCUT2D eigenvalue weighted by molar-refractivity contribution is 5.87. The Morgan fingerprint density at radius 2 is 1.77 bits per heavy atom. The number of nitrogens with one attached hydrogen (secondary N) is 1. The van der Waals surface area contributed by atoms with E-state index in [2.05, 4.69) is 61.0 Å². The minimum atomic E-state index is -0.470. The van der Waals surface area contributed by atoms with E-state index in [9.17, 15) is 5.11 Å². The van der Waals surface area contributed by atoms with Crippen LogP contribution in [0, 0.1) is 0 Å². The Labute approximate surface area is 155 Å². The molecule has 138 valence electrons. The predicted molar refractivity (Wildman–Crippen MR) is 108 cm³/mol. The largest absolute Gasteiger partial charge is 0.497 e. The lowest BCUT2D eigenvalue weighted by atomic mass is 10.1. The Balaban J connectivity index is 1.94. The van der Waals surface area contributed by atoms with Crippen LogP contribution in [-0.4, -0.2) is 35.0 Å². The molecule has 0 saturated carbocycles. The van der Waals surface area contributed by atoms with Crippen molar-refractivity contribution in [2.75, 3.05) is 13.7 Å². The number of methoxy groups -OCH3 is 1. The fraction of sp³-hybridized carbons (Fsp3) is 0.364. The first-order valence-electron chi connectivity index (χ1n) is 9.03. The molecular formula is C22H28N2O2. The van der Waals surface area contributed by atoms with Crippen molar-refractivity contribution in [3.63, 3.8) is 0 Å². The second-order valence-corrected chi connectivity index (χ2v) is 7.71. The highest BCUT2D eigenvalue weighted by atomic mass is 16.5. The van der Waals surface area contributed by atoms with Crippen molar-refractivity contribution < 1.29 is 9.84 Å². The summed E-state index contributed by atoms with van der Waals surface area (Å²) in [6.07, 6.45) is -0.470. The maximum atomic E-state index is 10.6. The van der Waals surface area contributed by atoms with Crippen molar-refractivity contribution in [1.82, 2.24) is 9.88 Å². The van der Waals surface area contributed by atoms with E-state index < -0.39 is 6.10 Å². The summed E-state index contributed by atoms with van der Waals surface area (Å²) in [5.41, 5.74) is 3.33. The number of aliphatic hydroxyl groups excluding tert-OH is 1. The lowest BCUT2D eigenvalue weighted by Crippen LogP contribution is -2.42. The monoisotopic (exact) mass is 352 g/mol. The van der Waals surface area contributed by atoms with E-state index in [1.54, 1.807) is 7.11 Å². The Hall–Kier alpha value is -2.30. The van der Waals surface area contributed by atoms with Gasteiger partial charge in [0.2, 0.25) is 0 Å². The zero-order valence-electron chi connectivity index (χ0n) is 16.0. The number of aromatic nitrogens is 1. The molecule has 3 rings (SSSR count). The Bertz CT molecular complexity index is 860. The molecule has 0 aliphatic rings. The molecule has 0 unspecified atom stereocenters. The van der Waals surface area contributed by atoms with E-state index >= 15 is 0 Å². The third-order valence-corrected chi connectivity index (χ3v) is 4.46. The highest BCUT2D eigenvalue weighted by Crippen LogP contribution is 2.29. The molecule has 1 atom stereocenters. The first kappa shape index (κ1) is 18.5. The molecule has 2 aromatic carbocycles. The summed E-state index contributed by atoms with van der Waals surface area (Å²) in [7, 11) is 1.67. The number of aliphatic hydroxyl groups is 1. The molecule has 0 spiro atoms. The molecule has 4 nitrogen and oxygen atoms in total. The van der Waals surface area contributed by atoms with Crippen LogP contribution in [0.1, 0.15) is 20.8 Å². The average Bonchev–Trinajstić information content (AvgIpc) is 2.98. The number of fused-ring (bicyclic) bond motifs is 1. The van der Waals surface area contributed by atoms with Gasteiger partial charge in [-0.2, -0.15) is 0 Å². The molecule has 0 radical (unpaired) electrons. The van der Waals surface area contributed by atoms with E-state index in [1.807, 2.05) is 24.3 Å². The van der Waals surface area contributed by atoms with Gasteiger partial charge < -0.3 is 19.7 Å². The normalized spacial score (nSPS) is 13.1. The van der Waals surface area contributed by atoms with Gasteiger partial charge >= 0.3 is 0 Å². The van der Waals surface area contributed by atoms with E-state index in [-0.39, 0.29) is 5.54 Å². The third kappa shape index (κ3) is 4.26. The van der Waals surface area contributed by atoms with Crippen LogP contribution in [0.2, 0.25) is 0 Å². The third-order valence-electron chi connectivity index (χ3n) is 4.46. The van der Waals surface area contributed by atoms with Gasteiger partial charge in [-0.3, -0.25) is 0 Å². The van der Waals surface area contributed by atoms with Crippen LogP contribution in [0.5, 0.6) is 5.75 Å². The van der Waals surface area contributed by atoms with Crippen molar-refractivity contribution in [3.8, 4) is 17.0 Å². The molecule has 2 N–H and O–H groups in total. The van der Waals surface area contributed by atoms with Crippen LogP contribution in [0.3, 0.4) is 0 Å². The van der Waals surface area contributed by atoms with Crippen molar-refractivity contribution in [1.29, 1.82) is 0 Å². The van der Waals surface area contributed by atoms with E-state index in [0.717, 1.165) is 22.5 Å². The topological polar surface area (TPSA) is 46.4 Å². The molecule has 0 saturated heterocycles. The van der Waals surface area contributed by atoms with Gasteiger partial charge in [-0.1, -0.05) is 18.2 Å². The molecule has 0 fully saturated rings. The summed E-state index contributed by atoms with van der Waals surface area (Å²) in [4.78, 5) is 0. The van der Waals surface area contributed by atoms with E-state index in [1.165, 1.54) is 5.39 Å². The molecule has 0 bridgehead atoms. The summed E-state index contributed by atoms with van der Waals surface area (Å²) in [5.74, 6) is 0.839. The van der Waals surface area contributed by atoms with Crippen molar-refractivity contribution in [2.24, 2.45) is 0 Å². The minimum absolute atomic E-state index is 0.0153. The Kier molecular flexibility index (Phi) is 5.35. The van der Waals surface area contributed by atoms with Gasteiger partial charge in [-0.25, -0.2) is 0 Å². The van der Waals surface area contributed by atoms with Crippen LogP contribution in [0.15, 0.2) is 54.6 Å². The first-order valence-corrected chi connectivity index (χ1v) is 9.03. The summed E-state index contributed by atoms with van der Waals surface area (Å²) in [6, 6.07) is 18.5. The van der Waals surface area contributed by atoms with E-state index in [4.69, 9.17) is 4.74 Å². The van der Waals surface area contributed by atoms with Gasteiger partial charge in [0.25, 0.3) is 0 Å². The minimum Gasteiger partial charge on any atom is -0.497 e. The van der Waals surface area contributed by atoms with Gasteiger partial charge in [0.15, 0.2) is 0 Å². The standard InChI is InChI=1S/C22H28N2O2/c1-22(2,3)23-14-18(25)15-24-20-8-6-5-7-17(20)13-21(24)16-9-11-19(26-4)12-10-16/h5-13,18,23,25H,14-15H2,1-4H3/t18-/m1/s1. The van der Waals surface area contributed by atoms with Crippen LogP contribution < -0.4 is 10.1 Å². The Morgan fingerprint density at radius 1 is 1.08 bits per heavy atom. The van der Waals surface area contributed by atoms with Crippen LogP contribution in [0.4, 0.5) is 0 Å². The molecule has 1 heterocycles. The Morgan fingerprint density at radius 3 is 2.42 bits per heavy atom. The fourth-order valence-electron chi connectivity index (χ4n) is 3.11. The number of nitrogens with zero attached hydrogens (tertiary/aromatic N) is 1. The number of rotatable bonds is 6. The maximum absolute atomic E-state index is 10.6. The first-order chi connectivity index (χ1) is 12.4. The SMILES string of the molecule is COc1ccc(-c2cc3ccccc3n2C[C@H](O)CNC(C)(C)C)cc1. The number of benzene rings is 2. The lowest BCUT2D eigenvalue weighted by Gasteiger charge is -2.24. The number of ether oxygens (including phenoxy) is 1. The van der Waals surface area contributed by atoms with Crippen LogP contribution in [-0.2, 0) is 6.54 Å². The number of β-amino-alcohol motifs (C(OH)–C–C–N with tert-alkyl or cyclic N) is 1. The quantitative estimate of drug-likeness (QED) is 0.703. The highest BCUT2D eigenvalue weighted by Gasteiger charge is 2.16. The van der Waals surface area contributed by atoms with E-state index in [0.29, 0.717) is 13.1 Å². The second kappa shape index (κ2) is 7.52. The zero-order chi connectivity index (χ0) is 18.7. The summed E-state index contributed by atoms with van der Waals surface area (Å²) in [5, 5.41) is 15.1. The van der Waals surface area contributed by atoms with Crippen molar-refractivity contribution in [2.45, 2.75) is 39.0 Å². The van der Waals surface area contributed by atoms with Gasteiger partial charge in [0.05, 0.1) is 19.8 Å². The molecule has 1 aromatic heterocycles. The predicted octanol–water partition coefficient (Wildman–Crippen LogP) is 4.07. The van der Waals surface area contributed by atoms with Crippen LogP contribution >= 0.6 is 0 Å². The average molecular weight is 352 g/mol. The van der Waals surface area contributed by atoms with Gasteiger partial charge in [0, 0.05) is 28.7 Å². The van der Waals surface area contributed by atoms with Crippen LogP contribution in [0.25, 0.3) is 22.2 Å². The summed E-state index contributed by atoms with van der Waals surface area (Å²) < 4.78 is 7.47. The number of hydrogen-bond acceptors (Lipinski definition) is 3. The number of hydrogen-bond donors (Lipinski definition) is 2. The fourth-order valence-corrected chi connectivity index (χ4v) is 3.11. The maximum Gasteiger partial charge on any atom is 0.118 e. The van der Waals surface area contributed by atoms with Gasteiger partial charge in [-0.15, -0.1) is 0 Å². The second-order valence-electron chi connectivity index (χ2n) is 7.71. The van der Waals surface area contributed by atoms with Gasteiger partial charge in [0.1, 0.15) is 5.75 Å². The van der Waals surface area contributed by atoms with Crippen molar-refractivity contribution in [3.05, 3.63) is 54.6 Å². The summed E-state index contributed by atoms with van der Waals surface area (Å²) >= 11 is 0. The molecule has 3 aromatic rings. The molecular weight excluding hydrogens is 324 g/mol. The lowest BCUT2D eigenvalue weighted by molar-refractivity contribution is 0.144. The number of para-hydroxylation sites is 1. The van der Waals surface area contributed by atoms with Crippen molar-refractivity contribution >= 4 is 10.9 Å². The zero-order valence-corrected chi connectivity index (χ0v) is 16.0. The van der Waals surface area contributed by atoms with Gasteiger partial charge in [-0.05, 0) is 62.7 Å². The molecule has 0 aliphatic heterocycles. The smallest absolute Gasteiger partial charge is 0.118 e. The molecule has 4 heteroatoms. The summed E-state index contributed by atoms with van der Waals surface area (Å²) in [6.45, 7) is 7.41. The molecule has 0 aliphatic carbocycles. The molecule has 26 heavy (non-hydrogen) atoms. The molecule has 0 amide bonds.